The zero-order valence-corrected chi connectivity index (χ0v) is 12.5. The Morgan fingerprint density at radius 3 is 2.60 bits per heavy atom. The summed E-state index contributed by atoms with van der Waals surface area (Å²) in [6, 6.07) is 12.5. The van der Waals surface area contributed by atoms with Gasteiger partial charge in [0.2, 0.25) is 0 Å². The molecule has 2 nitrogen and oxygen atoms in total. The minimum atomic E-state index is -1.27. The fourth-order valence-corrected chi connectivity index (χ4v) is 2.52. The van der Waals surface area contributed by atoms with Crippen molar-refractivity contribution >= 4 is 33.3 Å². The minimum absolute atomic E-state index is 0.0693. The molecule has 0 heterocycles. The summed E-state index contributed by atoms with van der Waals surface area (Å²) < 4.78 is 14.6. The molecule has 0 bridgehead atoms. The lowest BCUT2D eigenvalue weighted by Gasteiger charge is -2.11. The van der Waals surface area contributed by atoms with E-state index in [-0.39, 0.29) is 10.6 Å². The van der Waals surface area contributed by atoms with Gasteiger partial charge in [0.15, 0.2) is 5.78 Å². The van der Waals surface area contributed by atoms with Gasteiger partial charge in [0.1, 0.15) is 11.7 Å². The second-order valence-corrected chi connectivity index (χ2v) is 5.39. The molecule has 2 rings (SSSR count). The summed E-state index contributed by atoms with van der Waals surface area (Å²) in [5.74, 6) is -2.41. The normalized spacial score (nSPS) is 11.7. The van der Waals surface area contributed by atoms with Gasteiger partial charge in [0, 0.05) is 20.6 Å². The van der Waals surface area contributed by atoms with Gasteiger partial charge in [-0.3, -0.25) is 4.79 Å². The van der Waals surface area contributed by atoms with Crippen molar-refractivity contribution < 1.29 is 9.18 Å². The largest absolute Gasteiger partial charge is 0.292 e. The summed E-state index contributed by atoms with van der Waals surface area (Å²) >= 11 is 9.16. The van der Waals surface area contributed by atoms with Crippen LogP contribution < -0.4 is 0 Å². The predicted molar refractivity (Wildman–Crippen MR) is 78.2 cm³/mol. The first kappa shape index (κ1) is 14.7. The summed E-state index contributed by atoms with van der Waals surface area (Å²) in [5.41, 5.74) is 0.242. The van der Waals surface area contributed by atoms with Crippen molar-refractivity contribution in [1.82, 2.24) is 0 Å². The summed E-state index contributed by atoms with van der Waals surface area (Å²) in [6.45, 7) is 0. The van der Waals surface area contributed by atoms with Crippen LogP contribution in [0.3, 0.4) is 0 Å². The van der Waals surface area contributed by atoms with Gasteiger partial charge in [-0.15, -0.1) is 0 Å². The van der Waals surface area contributed by atoms with Crippen LogP contribution in [-0.4, -0.2) is 5.78 Å². The van der Waals surface area contributed by atoms with Crippen molar-refractivity contribution in [1.29, 1.82) is 5.26 Å². The molecule has 0 saturated heterocycles. The smallest absolute Gasteiger partial charge is 0.184 e. The third kappa shape index (κ3) is 2.90. The van der Waals surface area contributed by atoms with E-state index in [1.54, 1.807) is 24.3 Å². The van der Waals surface area contributed by atoms with Gasteiger partial charge in [-0.1, -0.05) is 45.7 Å². The molecule has 5 heteroatoms. The molecule has 0 radical (unpaired) electrons. The monoisotopic (exact) mass is 351 g/mol. The van der Waals surface area contributed by atoms with E-state index in [2.05, 4.69) is 15.9 Å². The highest BCUT2D eigenvalue weighted by Gasteiger charge is 2.27. The van der Waals surface area contributed by atoms with E-state index in [0.29, 0.717) is 10.0 Å². The third-order valence-corrected chi connectivity index (χ3v) is 3.61. The Labute approximate surface area is 128 Å². The van der Waals surface area contributed by atoms with Crippen LogP contribution in [0.5, 0.6) is 0 Å². The Bertz CT molecular complexity index is 691. The van der Waals surface area contributed by atoms with Crippen LogP contribution in [0.15, 0.2) is 46.9 Å². The molecule has 0 aliphatic carbocycles. The summed E-state index contributed by atoms with van der Waals surface area (Å²) in [6.07, 6.45) is 0. The van der Waals surface area contributed by atoms with Crippen LogP contribution in [0.1, 0.15) is 21.8 Å². The molecule has 0 amide bonds. The van der Waals surface area contributed by atoms with Crippen molar-refractivity contribution in [3.63, 3.8) is 0 Å². The van der Waals surface area contributed by atoms with Gasteiger partial charge in [-0.2, -0.15) is 5.26 Å². The van der Waals surface area contributed by atoms with Gasteiger partial charge in [-0.25, -0.2) is 4.39 Å². The first-order valence-corrected chi connectivity index (χ1v) is 6.85. The number of hydrogen-bond donors (Lipinski definition) is 0. The highest BCUT2D eigenvalue weighted by atomic mass is 79.9. The molecule has 0 aromatic heterocycles. The number of carbonyl (C=O) groups excluding carboxylic acids is 1. The van der Waals surface area contributed by atoms with Gasteiger partial charge < -0.3 is 0 Å². The van der Waals surface area contributed by atoms with E-state index in [0.717, 1.165) is 0 Å². The molecular weight excluding hydrogens is 345 g/mol. The summed E-state index contributed by atoms with van der Waals surface area (Å²) in [5, 5.41) is 9.29. The molecule has 0 aliphatic rings. The molecule has 1 unspecified atom stereocenters. The third-order valence-electron chi connectivity index (χ3n) is 2.79. The molecule has 2 aromatic carbocycles. The van der Waals surface area contributed by atoms with Crippen LogP contribution in [-0.2, 0) is 0 Å². The fourth-order valence-electron chi connectivity index (χ4n) is 1.85. The first-order valence-electron chi connectivity index (χ1n) is 5.68. The quantitative estimate of drug-likeness (QED) is 0.749. The van der Waals surface area contributed by atoms with E-state index in [1.807, 2.05) is 6.07 Å². The van der Waals surface area contributed by atoms with Gasteiger partial charge in [-0.05, 0) is 24.3 Å². The van der Waals surface area contributed by atoms with E-state index >= 15 is 0 Å². The van der Waals surface area contributed by atoms with Gasteiger partial charge in [0.25, 0.3) is 0 Å². The number of ketones is 1. The zero-order valence-electron chi connectivity index (χ0n) is 10.1. The van der Waals surface area contributed by atoms with E-state index in [1.165, 1.54) is 18.2 Å². The standard InChI is InChI=1S/C15H8BrClFNO/c16-10-4-1-3-9(7-10)15(20)11(8-19)14-12(17)5-2-6-13(14)18/h1-7,11H. The van der Waals surface area contributed by atoms with Crippen LogP contribution in [0.2, 0.25) is 5.02 Å². The Balaban J connectivity index is 2.49. The van der Waals surface area contributed by atoms with Crippen molar-refractivity contribution in [2.24, 2.45) is 0 Å². The molecule has 0 aliphatic heterocycles. The van der Waals surface area contributed by atoms with Crippen molar-refractivity contribution in [3.05, 3.63) is 68.9 Å². The molecule has 0 fully saturated rings. The number of halogens is 3. The van der Waals surface area contributed by atoms with E-state index < -0.39 is 17.5 Å². The lowest BCUT2D eigenvalue weighted by Crippen LogP contribution is -2.13. The Kier molecular flexibility index (Phi) is 4.53. The Morgan fingerprint density at radius 2 is 2.00 bits per heavy atom. The average molecular weight is 353 g/mol. The second-order valence-electron chi connectivity index (χ2n) is 4.07. The highest BCUT2D eigenvalue weighted by molar-refractivity contribution is 9.10. The molecule has 2 aromatic rings. The maximum atomic E-state index is 13.8. The molecule has 0 saturated carbocycles. The van der Waals surface area contributed by atoms with Crippen LogP contribution in [0, 0.1) is 17.1 Å². The number of benzene rings is 2. The van der Waals surface area contributed by atoms with Gasteiger partial charge in [0.05, 0.1) is 6.07 Å². The maximum Gasteiger partial charge on any atom is 0.184 e. The molecule has 0 N–H and O–H groups in total. The van der Waals surface area contributed by atoms with Crippen molar-refractivity contribution in [2.45, 2.75) is 5.92 Å². The molecular formula is C15H8BrClFNO. The molecule has 1 atom stereocenters. The van der Waals surface area contributed by atoms with Crippen molar-refractivity contribution in [3.8, 4) is 6.07 Å². The fraction of sp³-hybridized carbons (Fsp3) is 0.0667. The average Bonchev–Trinajstić information content (AvgIpc) is 2.42. The highest BCUT2D eigenvalue weighted by Crippen LogP contribution is 2.30. The van der Waals surface area contributed by atoms with Gasteiger partial charge >= 0.3 is 0 Å². The van der Waals surface area contributed by atoms with Crippen molar-refractivity contribution in [2.75, 3.05) is 0 Å². The number of Topliss-reactive ketones (excluding diaryl/α,β-unsaturated/α-hetero) is 1. The summed E-state index contributed by atoms with van der Waals surface area (Å²) in [7, 11) is 0. The SMILES string of the molecule is N#CC(C(=O)c1cccc(Br)c1)c1c(F)cccc1Cl. The predicted octanol–water partition coefficient (Wildman–Crippen LogP) is 4.73. The lowest BCUT2D eigenvalue weighted by molar-refractivity contribution is 0.0977. The molecule has 0 spiro atoms. The van der Waals surface area contributed by atoms with Crippen LogP contribution in [0.4, 0.5) is 4.39 Å². The number of rotatable bonds is 3. The molecule has 20 heavy (non-hydrogen) atoms. The Morgan fingerprint density at radius 1 is 1.30 bits per heavy atom. The number of hydrogen-bond acceptors (Lipinski definition) is 2. The van der Waals surface area contributed by atoms with E-state index in [4.69, 9.17) is 11.6 Å². The topological polar surface area (TPSA) is 40.9 Å². The summed E-state index contributed by atoms with van der Waals surface area (Å²) in [4.78, 5) is 12.4. The minimum Gasteiger partial charge on any atom is -0.292 e. The second kappa shape index (κ2) is 6.17. The van der Waals surface area contributed by atoms with Crippen LogP contribution in [0.25, 0.3) is 0 Å². The lowest BCUT2D eigenvalue weighted by atomic mass is 9.91. The first-order chi connectivity index (χ1) is 9.54. The van der Waals surface area contributed by atoms with Crippen LogP contribution >= 0.6 is 27.5 Å². The Hall–Kier alpha value is -1.70. The maximum absolute atomic E-state index is 13.8. The number of nitrogens with zero attached hydrogens (tertiary/aromatic N) is 1. The number of carbonyl (C=O) groups is 1. The number of nitriles is 1. The molecule has 100 valence electrons. The van der Waals surface area contributed by atoms with E-state index in [9.17, 15) is 14.4 Å². The zero-order chi connectivity index (χ0) is 14.7.